The van der Waals surface area contributed by atoms with Crippen LogP contribution in [0.1, 0.15) is 22.6 Å². The van der Waals surface area contributed by atoms with Crippen LogP contribution in [-0.2, 0) is 19.9 Å². The number of esters is 1. The maximum Gasteiger partial charge on any atom is 0.323 e. The highest BCUT2D eigenvalue weighted by Crippen LogP contribution is 2.62. The topological polar surface area (TPSA) is 70.4 Å². The lowest BCUT2D eigenvalue weighted by atomic mass is 9.64. The number of ether oxygens (including phenoxy) is 1. The van der Waals surface area contributed by atoms with E-state index in [0.29, 0.717) is 16.1 Å². The Hall–Kier alpha value is -3.53. The van der Waals surface area contributed by atoms with Crippen molar-refractivity contribution in [2.45, 2.75) is 16.4 Å². The molecule has 0 aliphatic carbocycles. The second-order valence-electron chi connectivity index (χ2n) is 8.51. The smallest absolute Gasteiger partial charge is 0.323 e. The number of amides is 1. The van der Waals surface area contributed by atoms with E-state index in [-0.39, 0.29) is 5.75 Å². The first-order chi connectivity index (χ1) is 17.0. The van der Waals surface area contributed by atoms with Crippen molar-refractivity contribution >= 4 is 41.3 Å². The van der Waals surface area contributed by atoms with Crippen LogP contribution in [0.25, 0.3) is 6.08 Å². The molecule has 0 radical (unpaired) electrons. The summed E-state index contributed by atoms with van der Waals surface area (Å²) in [5, 5.41) is 11.3. The average molecular weight is 501 g/mol. The zero-order chi connectivity index (χ0) is 24.6. The number of carbonyl (C=O) groups excluding carboxylic acids is 2. The Labute approximate surface area is 213 Å². The molecule has 1 amide bonds. The van der Waals surface area contributed by atoms with Gasteiger partial charge in [-0.25, -0.2) is 0 Å². The average Bonchev–Trinajstić information content (AvgIpc) is 3.14. The van der Waals surface area contributed by atoms with Crippen molar-refractivity contribution in [2.24, 2.45) is 5.41 Å². The first-order valence-corrected chi connectivity index (χ1v) is 12.4. The van der Waals surface area contributed by atoms with Gasteiger partial charge in [-0.1, -0.05) is 66.2 Å². The van der Waals surface area contributed by atoms with Crippen molar-refractivity contribution < 1.29 is 14.3 Å². The molecule has 35 heavy (non-hydrogen) atoms. The Kier molecular flexibility index (Phi) is 5.92. The molecule has 1 saturated heterocycles. The van der Waals surface area contributed by atoms with Gasteiger partial charge in [-0.2, -0.15) is 5.26 Å². The quantitative estimate of drug-likeness (QED) is 0.258. The summed E-state index contributed by atoms with van der Waals surface area (Å²) in [6.45, 7) is 0. The number of methoxy groups -OCH3 is 1. The van der Waals surface area contributed by atoms with E-state index >= 15 is 0 Å². The van der Waals surface area contributed by atoms with Crippen LogP contribution in [0, 0.1) is 16.7 Å². The van der Waals surface area contributed by atoms with Crippen molar-refractivity contribution in [3.8, 4) is 6.07 Å². The molecule has 3 aromatic rings. The molecule has 174 valence electrons. The Morgan fingerprint density at radius 3 is 2.46 bits per heavy atom. The van der Waals surface area contributed by atoms with Crippen LogP contribution in [0.2, 0.25) is 5.02 Å². The van der Waals surface area contributed by atoms with E-state index in [1.165, 1.54) is 23.8 Å². The van der Waals surface area contributed by atoms with Crippen molar-refractivity contribution in [1.82, 2.24) is 4.90 Å². The standard InChI is InChI=1S/C28H21ClN2O3S/c1-34-26(33)27(18-35-22-8-3-2-4-9-22)24(20-11-13-21(29)14-12-20)28(17-30)23-10-6-5-7-19(23)15-16-31(28)25(27)32/h2-16,24H,18H2,1H3/t24-,27-,28+/m1/s1. The van der Waals surface area contributed by atoms with E-state index in [4.69, 9.17) is 16.3 Å². The van der Waals surface area contributed by atoms with Crippen molar-refractivity contribution in [3.05, 3.63) is 107 Å². The summed E-state index contributed by atoms with van der Waals surface area (Å²) in [4.78, 5) is 30.3. The monoisotopic (exact) mass is 500 g/mol. The third-order valence-corrected chi connectivity index (χ3v) is 8.26. The van der Waals surface area contributed by atoms with Gasteiger partial charge >= 0.3 is 5.97 Å². The normalized spacial score (nSPS) is 24.4. The molecule has 7 heteroatoms. The predicted molar refractivity (Wildman–Crippen MR) is 135 cm³/mol. The molecule has 0 aromatic heterocycles. The van der Waals surface area contributed by atoms with E-state index in [1.807, 2.05) is 54.6 Å². The van der Waals surface area contributed by atoms with Gasteiger partial charge in [0.05, 0.1) is 19.1 Å². The van der Waals surface area contributed by atoms with E-state index in [0.717, 1.165) is 10.5 Å². The van der Waals surface area contributed by atoms with Gasteiger partial charge in [-0.3, -0.25) is 14.5 Å². The maximum absolute atomic E-state index is 14.3. The van der Waals surface area contributed by atoms with Crippen molar-refractivity contribution in [3.63, 3.8) is 0 Å². The highest BCUT2D eigenvalue weighted by atomic mass is 35.5. The Balaban J connectivity index is 1.79. The third kappa shape index (κ3) is 3.38. The molecule has 5 nitrogen and oxygen atoms in total. The number of nitrogens with zero attached hydrogens (tertiary/aromatic N) is 2. The fourth-order valence-electron chi connectivity index (χ4n) is 5.27. The summed E-state index contributed by atoms with van der Waals surface area (Å²) in [5.74, 6) is -1.87. The largest absolute Gasteiger partial charge is 0.468 e. The Bertz CT molecular complexity index is 1370. The number of carbonyl (C=O) groups is 2. The molecule has 2 aliphatic heterocycles. The first kappa shape index (κ1) is 23.2. The minimum atomic E-state index is -1.65. The molecule has 2 heterocycles. The minimum absolute atomic E-state index is 0.103. The molecule has 0 saturated carbocycles. The van der Waals surface area contributed by atoms with Gasteiger partial charge in [-0.05, 0) is 41.5 Å². The highest BCUT2D eigenvalue weighted by Gasteiger charge is 2.72. The summed E-state index contributed by atoms with van der Waals surface area (Å²) in [6, 6.07) is 26.5. The summed E-state index contributed by atoms with van der Waals surface area (Å²) >= 11 is 7.58. The molecule has 1 fully saturated rings. The van der Waals surface area contributed by atoms with E-state index < -0.39 is 28.7 Å². The Morgan fingerprint density at radius 1 is 1.09 bits per heavy atom. The zero-order valence-electron chi connectivity index (χ0n) is 18.9. The SMILES string of the molecule is COC(=O)[C@@]1(CSc2ccccc2)C(=O)N2C=Cc3ccccc3[C@@]2(C#N)[C@@H]1c1ccc(Cl)cc1. The molecular weight excluding hydrogens is 480 g/mol. The summed E-state index contributed by atoms with van der Waals surface area (Å²) in [7, 11) is 1.28. The molecule has 3 atom stereocenters. The van der Waals surface area contributed by atoms with Gasteiger partial charge in [0.15, 0.2) is 11.0 Å². The van der Waals surface area contributed by atoms with Gasteiger partial charge in [0.25, 0.3) is 0 Å². The number of fused-ring (bicyclic) bond motifs is 3. The van der Waals surface area contributed by atoms with Crippen LogP contribution in [0.3, 0.4) is 0 Å². The highest BCUT2D eigenvalue weighted by molar-refractivity contribution is 7.99. The number of hydrogen-bond acceptors (Lipinski definition) is 5. The number of hydrogen-bond donors (Lipinski definition) is 0. The summed E-state index contributed by atoms with van der Waals surface area (Å²) in [6.07, 6.45) is 3.42. The fourth-order valence-corrected chi connectivity index (χ4v) is 6.55. The van der Waals surface area contributed by atoms with Crippen LogP contribution in [0.4, 0.5) is 0 Å². The van der Waals surface area contributed by atoms with Gasteiger partial charge in [0.2, 0.25) is 5.91 Å². The lowest BCUT2D eigenvalue weighted by Crippen LogP contribution is -2.46. The fraction of sp³-hybridized carbons (Fsp3) is 0.179. The second-order valence-corrected chi connectivity index (χ2v) is 9.99. The van der Waals surface area contributed by atoms with E-state index in [2.05, 4.69) is 6.07 Å². The minimum Gasteiger partial charge on any atom is -0.468 e. The zero-order valence-corrected chi connectivity index (χ0v) is 20.4. The van der Waals surface area contributed by atoms with Crippen LogP contribution in [-0.4, -0.2) is 29.6 Å². The molecule has 2 aliphatic rings. The third-order valence-electron chi connectivity index (χ3n) is 6.80. The van der Waals surface area contributed by atoms with Gasteiger partial charge in [0.1, 0.15) is 0 Å². The number of thioether (sulfide) groups is 1. The summed E-state index contributed by atoms with van der Waals surface area (Å²) in [5.41, 5.74) is -0.930. The molecule has 0 spiro atoms. The molecule has 5 rings (SSSR count). The van der Waals surface area contributed by atoms with Gasteiger partial charge in [-0.15, -0.1) is 11.8 Å². The van der Waals surface area contributed by atoms with E-state index in [9.17, 15) is 14.9 Å². The summed E-state index contributed by atoms with van der Waals surface area (Å²) < 4.78 is 5.30. The van der Waals surface area contributed by atoms with Gasteiger partial charge < -0.3 is 4.74 Å². The number of benzene rings is 3. The molecule has 3 aromatic carbocycles. The van der Waals surface area contributed by atoms with Gasteiger partial charge in [0, 0.05) is 27.4 Å². The Morgan fingerprint density at radius 2 is 1.77 bits per heavy atom. The molecule has 0 unspecified atom stereocenters. The number of nitriles is 1. The first-order valence-electron chi connectivity index (χ1n) is 11.0. The van der Waals surface area contributed by atoms with Crippen LogP contribution in [0.15, 0.2) is 90.0 Å². The van der Waals surface area contributed by atoms with Crippen LogP contribution < -0.4 is 0 Å². The lowest BCUT2D eigenvalue weighted by Gasteiger charge is -2.40. The number of halogens is 1. The predicted octanol–water partition coefficient (Wildman–Crippen LogP) is 5.62. The van der Waals surface area contributed by atoms with Crippen molar-refractivity contribution in [1.29, 1.82) is 5.26 Å². The lowest BCUT2D eigenvalue weighted by molar-refractivity contribution is -0.157. The molecule has 0 N–H and O–H groups in total. The second kappa shape index (κ2) is 8.92. The van der Waals surface area contributed by atoms with Crippen molar-refractivity contribution in [2.75, 3.05) is 12.9 Å². The van der Waals surface area contributed by atoms with Crippen LogP contribution >= 0.6 is 23.4 Å². The van der Waals surface area contributed by atoms with E-state index in [1.54, 1.807) is 36.5 Å². The molecule has 0 bridgehead atoms. The molecular formula is C28H21ClN2O3S. The number of rotatable bonds is 5. The maximum atomic E-state index is 14.3. The van der Waals surface area contributed by atoms with Crippen LogP contribution in [0.5, 0.6) is 0 Å².